The molecule has 0 aliphatic heterocycles. The lowest BCUT2D eigenvalue weighted by atomic mass is 9.85. The van der Waals surface area contributed by atoms with Crippen molar-refractivity contribution >= 4 is 17.9 Å². The van der Waals surface area contributed by atoms with Crippen molar-refractivity contribution in [1.29, 1.82) is 0 Å². The Kier molecular flexibility index (Phi) is 8.42. The second-order valence-electron chi connectivity index (χ2n) is 5.90. The van der Waals surface area contributed by atoms with Crippen molar-refractivity contribution in [3.8, 4) is 0 Å². The zero-order valence-electron chi connectivity index (χ0n) is 13.2. The summed E-state index contributed by atoms with van der Waals surface area (Å²) in [5.74, 6) is -0.644. The lowest BCUT2D eigenvalue weighted by Gasteiger charge is -2.25. The van der Waals surface area contributed by atoms with Crippen LogP contribution in [-0.2, 0) is 9.59 Å². The van der Waals surface area contributed by atoms with Crippen molar-refractivity contribution in [2.45, 2.75) is 46.6 Å². The van der Waals surface area contributed by atoms with Gasteiger partial charge in [-0.25, -0.2) is 9.59 Å². The average Bonchev–Trinajstić information content (AvgIpc) is 2.32. The van der Waals surface area contributed by atoms with Gasteiger partial charge in [-0.3, -0.25) is 4.79 Å². The van der Waals surface area contributed by atoms with E-state index < -0.39 is 23.9 Å². The molecular weight excluding hydrogens is 274 g/mol. The SMILES string of the molecule is CC(C)C(CNC(=O)NC(CCC(N)=O)C(=O)O)C(C)C. The number of carbonyl (C=O) groups excluding carboxylic acids is 2. The van der Waals surface area contributed by atoms with Crippen LogP contribution in [0.3, 0.4) is 0 Å². The number of nitrogens with one attached hydrogen (secondary N) is 2. The number of rotatable bonds is 9. The summed E-state index contributed by atoms with van der Waals surface area (Å²) in [7, 11) is 0. The summed E-state index contributed by atoms with van der Waals surface area (Å²) in [5, 5.41) is 14.0. The number of carbonyl (C=O) groups is 3. The van der Waals surface area contributed by atoms with E-state index >= 15 is 0 Å². The molecule has 0 rings (SSSR count). The van der Waals surface area contributed by atoms with Gasteiger partial charge in [0.15, 0.2) is 0 Å². The Morgan fingerprint density at radius 2 is 1.62 bits per heavy atom. The van der Waals surface area contributed by atoms with Crippen LogP contribution in [0.5, 0.6) is 0 Å². The number of carboxylic acids is 1. The Morgan fingerprint density at radius 1 is 1.10 bits per heavy atom. The van der Waals surface area contributed by atoms with Gasteiger partial charge in [0.2, 0.25) is 5.91 Å². The number of carboxylic acid groups (broad SMARTS) is 1. The van der Waals surface area contributed by atoms with Crippen LogP contribution in [-0.4, -0.2) is 35.6 Å². The summed E-state index contributed by atoms with van der Waals surface area (Å²) in [5.41, 5.74) is 4.98. The maximum absolute atomic E-state index is 11.8. The van der Waals surface area contributed by atoms with Gasteiger partial charge in [0, 0.05) is 13.0 Å². The molecule has 0 aromatic rings. The molecule has 122 valence electrons. The fourth-order valence-corrected chi connectivity index (χ4v) is 2.21. The third kappa shape index (κ3) is 8.16. The Hall–Kier alpha value is -1.79. The zero-order valence-corrected chi connectivity index (χ0v) is 13.2. The van der Waals surface area contributed by atoms with Crippen LogP contribution in [0.15, 0.2) is 0 Å². The molecule has 0 spiro atoms. The summed E-state index contributed by atoms with van der Waals surface area (Å²) in [6, 6.07) is -1.66. The standard InChI is InChI=1S/C14H27N3O4/c1-8(2)10(9(3)4)7-16-14(21)17-11(13(19)20)5-6-12(15)18/h8-11H,5-7H2,1-4H3,(H2,15,18)(H,19,20)(H2,16,17,21). The Morgan fingerprint density at radius 3 is 2.00 bits per heavy atom. The lowest BCUT2D eigenvalue weighted by molar-refractivity contribution is -0.139. The molecule has 7 heteroatoms. The van der Waals surface area contributed by atoms with Gasteiger partial charge < -0.3 is 21.5 Å². The molecule has 0 heterocycles. The van der Waals surface area contributed by atoms with E-state index in [1.54, 1.807) is 0 Å². The molecule has 0 aliphatic rings. The summed E-state index contributed by atoms with van der Waals surface area (Å²) in [6.45, 7) is 8.80. The van der Waals surface area contributed by atoms with Gasteiger partial charge in [-0.1, -0.05) is 27.7 Å². The molecule has 0 fully saturated rings. The molecular formula is C14H27N3O4. The molecule has 3 amide bonds. The van der Waals surface area contributed by atoms with Gasteiger partial charge >= 0.3 is 12.0 Å². The average molecular weight is 301 g/mol. The summed E-state index contributed by atoms with van der Waals surface area (Å²) < 4.78 is 0. The minimum atomic E-state index is -1.18. The molecule has 1 unspecified atom stereocenters. The van der Waals surface area contributed by atoms with Gasteiger partial charge in [-0.05, 0) is 24.2 Å². The van der Waals surface area contributed by atoms with E-state index in [9.17, 15) is 14.4 Å². The van der Waals surface area contributed by atoms with E-state index in [-0.39, 0.29) is 12.8 Å². The van der Waals surface area contributed by atoms with Gasteiger partial charge in [-0.15, -0.1) is 0 Å². The molecule has 0 aromatic heterocycles. The highest BCUT2D eigenvalue weighted by Crippen LogP contribution is 2.19. The second kappa shape index (κ2) is 9.20. The first-order valence-electron chi connectivity index (χ1n) is 7.20. The number of amides is 3. The zero-order chi connectivity index (χ0) is 16.6. The summed E-state index contributed by atoms with van der Waals surface area (Å²) in [4.78, 5) is 33.4. The van der Waals surface area contributed by atoms with Crippen LogP contribution in [0.4, 0.5) is 4.79 Å². The van der Waals surface area contributed by atoms with Crippen LogP contribution >= 0.6 is 0 Å². The van der Waals surface area contributed by atoms with Crippen LogP contribution in [0, 0.1) is 17.8 Å². The van der Waals surface area contributed by atoms with Crippen molar-refractivity contribution in [2.24, 2.45) is 23.5 Å². The van der Waals surface area contributed by atoms with Crippen molar-refractivity contribution < 1.29 is 19.5 Å². The minimum absolute atomic E-state index is 0.0180. The fraction of sp³-hybridized carbons (Fsp3) is 0.786. The maximum atomic E-state index is 11.8. The van der Waals surface area contributed by atoms with E-state index in [2.05, 4.69) is 38.3 Å². The first kappa shape index (κ1) is 19.2. The van der Waals surface area contributed by atoms with Gasteiger partial charge in [0.1, 0.15) is 6.04 Å². The Balaban J connectivity index is 4.37. The smallest absolute Gasteiger partial charge is 0.326 e. The molecule has 0 aliphatic carbocycles. The minimum Gasteiger partial charge on any atom is -0.480 e. The van der Waals surface area contributed by atoms with E-state index in [1.807, 2.05) is 0 Å². The van der Waals surface area contributed by atoms with E-state index in [4.69, 9.17) is 10.8 Å². The summed E-state index contributed by atoms with van der Waals surface area (Å²) in [6.07, 6.45) is -0.103. The normalized spacial score (nSPS) is 12.5. The van der Waals surface area contributed by atoms with E-state index in [1.165, 1.54) is 0 Å². The third-order valence-electron chi connectivity index (χ3n) is 3.49. The lowest BCUT2D eigenvalue weighted by Crippen LogP contribution is -2.48. The van der Waals surface area contributed by atoms with Crippen molar-refractivity contribution in [3.63, 3.8) is 0 Å². The molecule has 0 bridgehead atoms. The van der Waals surface area contributed by atoms with E-state index in [0.717, 1.165) is 0 Å². The van der Waals surface area contributed by atoms with Crippen molar-refractivity contribution in [1.82, 2.24) is 10.6 Å². The number of hydrogen-bond acceptors (Lipinski definition) is 3. The predicted octanol–water partition coefficient (Wildman–Crippen LogP) is 0.933. The van der Waals surface area contributed by atoms with E-state index in [0.29, 0.717) is 24.3 Å². The molecule has 0 aromatic carbocycles. The van der Waals surface area contributed by atoms with Crippen LogP contribution in [0.2, 0.25) is 0 Å². The quantitative estimate of drug-likeness (QED) is 0.506. The van der Waals surface area contributed by atoms with Gasteiger partial charge in [0.25, 0.3) is 0 Å². The molecule has 1 atom stereocenters. The third-order valence-corrected chi connectivity index (χ3v) is 3.49. The Labute approximate surface area is 125 Å². The summed E-state index contributed by atoms with van der Waals surface area (Å²) >= 11 is 0. The first-order chi connectivity index (χ1) is 9.65. The van der Waals surface area contributed by atoms with Gasteiger partial charge in [0.05, 0.1) is 0 Å². The highest BCUT2D eigenvalue weighted by molar-refractivity contribution is 5.83. The van der Waals surface area contributed by atoms with Crippen LogP contribution < -0.4 is 16.4 Å². The predicted molar refractivity (Wildman–Crippen MR) is 79.6 cm³/mol. The maximum Gasteiger partial charge on any atom is 0.326 e. The van der Waals surface area contributed by atoms with Crippen molar-refractivity contribution in [3.05, 3.63) is 0 Å². The molecule has 0 saturated carbocycles. The number of nitrogens with two attached hydrogens (primary N) is 1. The highest BCUT2D eigenvalue weighted by atomic mass is 16.4. The van der Waals surface area contributed by atoms with Crippen LogP contribution in [0.1, 0.15) is 40.5 Å². The first-order valence-corrected chi connectivity index (χ1v) is 7.20. The number of primary amides is 1. The highest BCUT2D eigenvalue weighted by Gasteiger charge is 2.22. The molecule has 21 heavy (non-hydrogen) atoms. The fourth-order valence-electron chi connectivity index (χ4n) is 2.21. The number of urea groups is 1. The van der Waals surface area contributed by atoms with Gasteiger partial charge in [-0.2, -0.15) is 0 Å². The number of hydrogen-bond donors (Lipinski definition) is 4. The second-order valence-corrected chi connectivity index (χ2v) is 5.90. The largest absolute Gasteiger partial charge is 0.480 e. The van der Waals surface area contributed by atoms with Crippen molar-refractivity contribution in [2.75, 3.05) is 6.54 Å². The monoisotopic (exact) mass is 301 g/mol. The molecule has 0 saturated heterocycles. The number of aliphatic carboxylic acids is 1. The topological polar surface area (TPSA) is 122 Å². The molecule has 0 radical (unpaired) electrons. The molecule has 5 N–H and O–H groups in total. The van der Waals surface area contributed by atoms with Crippen LogP contribution in [0.25, 0.3) is 0 Å². The Bertz CT molecular complexity index is 361. The molecule has 7 nitrogen and oxygen atoms in total.